The van der Waals surface area contributed by atoms with Crippen LogP contribution in [0.5, 0.6) is 28.7 Å². The average molecular weight is 529 g/mol. The predicted octanol–water partition coefficient (Wildman–Crippen LogP) is 5.15. The minimum atomic E-state index is -0.864. The quantitative estimate of drug-likeness (QED) is 0.273. The molecule has 38 heavy (non-hydrogen) atoms. The molecule has 0 spiro atoms. The fourth-order valence-electron chi connectivity index (χ4n) is 4.39. The van der Waals surface area contributed by atoms with E-state index in [-0.39, 0.29) is 18.5 Å². The van der Waals surface area contributed by atoms with Gasteiger partial charge < -0.3 is 33.2 Å². The number of methoxy groups -OCH3 is 5. The molecule has 1 aliphatic rings. The molecule has 9 heteroatoms. The normalized spacial score (nSPS) is 14.4. The molecule has 0 N–H and O–H groups in total. The van der Waals surface area contributed by atoms with Gasteiger partial charge in [0.1, 0.15) is 6.61 Å². The predicted molar refractivity (Wildman–Crippen MR) is 141 cm³/mol. The van der Waals surface area contributed by atoms with Crippen LogP contribution in [0.2, 0.25) is 0 Å². The number of esters is 2. The van der Waals surface area contributed by atoms with E-state index in [9.17, 15) is 9.59 Å². The summed E-state index contributed by atoms with van der Waals surface area (Å²) >= 11 is 0. The minimum absolute atomic E-state index is 0.172. The highest BCUT2D eigenvalue weighted by Gasteiger charge is 2.28. The van der Waals surface area contributed by atoms with Gasteiger partial charge in [0.25, 0.3) is 0 Å². The van der Waals surface area contributed by atoms with E-state index in [2.05, 4.69) is 0 Å². The maximum absolute atomic E-state index is 13.0. The standard InChI is InChI=1S/C29H36O9/c1-32-22-13-11-19(15-23(22)33-2)12-14-27(30)37-18-26(38-29(31)20-9-7-6-8-10-20)21-16-24(34-3)28(36-5)25(17-21)35-4/h11-17,20,26H,6-10,18H2,1-5H3/b14-12+. The summed E-state index contributed by atoms with van der Waals surface area (Å²) in [6.07, 6.45) is 6.71. The van der Waals surface area contributed by atoms with Gasteiger partial charge in [-0.2, -0.15) is 0 Å². The molecule has 0 radical (unpaired) electrons. The van der Waals surface area contributed by atoms with Crippen molar-refractivity contribution < 1.29 is 42.7 Å². The molecular weight excluding hydrogens is 492 g/mol. The van der Waals surface area contributed by atoms with Gasteiger partial charge in [-0.1, -0.05) is 25.3 Å². The van der Waals surface area contributed by atoms with E-state index in [0.717, 1.165) is 37.7 Å². The van der Waals surface area contributed by atoms with Crippen LogP contribution in [0.4, 0.5) is 0 Å². The van der Waals surface area contributed by atoms with Crippen LogP contribution in [-0.2, 0) is 19.1 Å². The maximum atomic E-state index is 13.0. The zero-order valence-electron chi connectivity index (χ0n) is 22.6. The van der Waals surface area contributed by atoms with Crippen LogP contribution in [0.15, 0.2) is 36.4 Å². The highest BCUT2D eigenvalue weighted by molar-refractivity contribution is 5.87. The highest BCUT2D eigenvalue weighted by atomic mass is 16.6. The molecule has 206 valence electrons. The molecule has 2 aromatic carbocycles. The van der Waals surface area contributed by atoms with Crippen molar-refractivity contribution in [1.82, 2.24) is 0 Å². The van der Waals surface area contributed by atoms with Gasteiger partial charge in [0.05, 0.1) is 41.5 Å². The van der Waals surface area contributed by atoms with E-state index >= 15 is 0 Å². The number of benzene rings is 2. The third-order valence-corrected chi connectivity index (χ3v) is 6.45. The van der Waals surface area contributed by atoms with Gasteiger partial charge in [-0.25, -0.2) is 4.79 Å². The van der Waals surface area contributed by atoms with Crippen molar-refractivity contribution in [2.24, 2.45) is 5.92 Å². The Hall–Kier alpha value is -3.88. The fourth-order valence-corrected chi connectivity index (χ4v) is 4.39. The van der Waals surface area contributed by atoms with Crippen LogP contribution in [0.1, 0.15) is 49.3 Å². The molecule has 1 aliphatic carbocycles. The van der Waals surface area contributed by atoms with Crippen molar-refractivity contribution in [2.75, 3.05) is 42.2 Å². The second-order valence-electron chi connectivity index (χ2n) is 8.80. The number of carbonyl (C=O) groups excluding carboxylic acids is 2. The Kier molecular flexibility index (Phi) is 10.7. The van der Waals surface area contributed by atoms with Gasteiger partial charge in [-0.05, 0) is 48.7 Å². The van der Waals surface area contributed by atoms with Crippen molar-refractivity contribution in [3.8, 4) is 28.7 Å². The monoisotopic (exact) mass is 528 g/mol. The van der Waals surface area contributed by atoms with E-state index in [1.54, 1.807) is 43.5 Å². The first-order chi connectivity index (χ1) is 18.4. The molecule has 1 atom stereocenters. The first-order valence-corrected chi connectivity index (χ1v) is 12.5. The molecule has 1 unspecified atom stereocenters. The lowest BCUT2D eigenvalue weighted by molar-refractivity contribution is -0.162. The molecule has 0 saturated heterocycles. The van der Waals surface area contributed by atoms with Crippen molar-refractivity contribution in [3.05, 3.63) is 47.5 Å². The molecule has 1 fully saturated rings. The summed E-state index contributed by atoms with van der Waals surface area (Å²) in [4.78, 5) is 25.6. The van der Waals surface area contributed by atoms with Crippen molar-refractivity contribution >= 4 is 18.0 Å². The zero-order chi connectivity index (χ0) is 27.5. The Balaban J connectivity index is 1.79. The SMILES string of the molecule is COc1ccc(/C=C/C(=O)OCC(OC(=O)C2CCCCC2)c2cc(OC)c(OC)c(OC)c2)cc1OC. The number of ether oxygens (including phenoxy) is 7. The minimum Gasteiger partial charge on any atom is -0.493 e. The fraction of sp³-hybridized carbons (Fsp3) is 0.448. The molecule has 0 aliphatic heterocycles. The van der Waals surface area contributed by atoms with Gasteiger partial charge >= 0.3 is 11.9 Å². The third kappa shape index (κ3) is 7.34. The van der Waals surface area contributed by atoms with Gasteiger partial charge in [-0.15, -0.1) is 0 Å². The molecular formula is C29H36O9. The summed E-state index contributed by atoms with van der Waals surface area (Å²) in [6.45, 7) is -0.188. The summed E-state index contributed by atoms with van der Waals surface area (Å²) in [7, 11) is 7.60. The molecule has 0 heterocycles. The number of hydrogen-bond donors (Lipinski definition) is 0. The molecule has 3 rings (SSSR count). The first-order valence-electron chi connectivity index (χ1n) is 12.5. The molecule has 0 aromatic heterocycles. The lowest BCUT2D eigenvalue weighted by atomic mass is 9.89. The molecule has 0 bridgehead atoms. The van der Waals surface area contributed by atoms with E-state index in [1.165, 1.54) is 34.5 Å². The van der Waals surface area contributed by atoms with Crippen LogP contribution in [0.3, 0.4) is 0 Å². The highest BCUT2D eigenvalue weighted by Crippen LogP contribution is 2.41. The van der Waals surface area contributed by atoms with Gasteiger partial charge in [-0.3, -0.25) is 4.79 Å². The molecule has 9 nitrogen and oxygen atoms in total. The Morgan fingerprint density at radius 3 is 2.03 bits per heavy atom. The summed E-state index contributed by atoms with van der Waals surface area (Å²) in [5.74, 6) is 1.27. The van der Waals surface area contributed by atoms with E-state index in [4.69, 9.17) is 33.2 Å². The summed E-state index contributed by atoms with van der Waals surface area (Å²) < 4.78 is 38.3. The zero-order valence-corrected chi connectivity index (χ0v) is 22.6. The average Bonchev–Trinajstić information content (AvgIpc) is 2.97. The van der Waals surface area contributed by atoms with E-state index in [0.29, 0.717) is 34.3 Å². The van der Waals surface area contributed by atoms with Crippen LogP contribution >= 0.6 is 0 Å². The molecule has 2 aromatic rings. The summed E-state index contributed by atoms with van der Waals surface area (Å²) in [6, 6.07) is 8.65. The van der Waals surface area contributed by atoms with E-state index in [1.807, 2.05) is 0 Å². The van der Waals surface area contributed by atoms with Crippen molar-refractivity contribution in [1.29, 1.82) is 0 Å². The van der Waals surface area contributed by atoms with Crippen LogP contribution in [0, 0.1) is 5.92 Å². The number of hydrogen-bond acceptors (Lipinski definition) is 9. The van der Waals surface area contributed by atoms with Crippen molar-refractivity contribution in [3.63, 3.8) is 0 Å². The largest absolute Gasteiger partial charge is 0.493 e. The summed E-state index contributed by atoms with van der Waals surface area (Å²) in [5, 5.41) is 0. The topological polar surface area (TPSA) is 98.8 Å². The number of carbonyl (C=O) groups is 2. The van der Waals surface area contributed by atoms with Crippen LogP contribution in [0.25, 0.3) is 6.08 Å². The first kappa shape index (κ1) is 28.7. The van der Waals surface area contributed by atoms with Gasteiger partial charge in [0.15, 0.2) is 29.1 Å². The second-order valence-corrected chi connectivity index (χ2v) is 8.80. The molecule has 0 amide bonds. The smallest absolute Gasteiger partial charge is 0.330 e. The van der Waals surface area contributed by atoms with Crippen LogP contribution < -0.4 is 23.7 Å². The van der Waals surface area contributed by atoms with Crippen molar-refractivity contribution in [2.45, 2.75) is 38.2 Å². The number of rotatable bonds is 12. The second kappa shape index (κ2) is 14.2. The Morgan fingerprint density at radius 1 is 0.816 bits per heavy atom. The Bertz CT molecular complexity index is 1090. The van der Waals surface area contributed by atoms with Crippen LogP contribution in [-0.4, -0.2) is 54.1 Å². The van der Waals surface area contributed by atoms with Gasteiger partial charge in [0, 0.05) is 11.6 Å². The maximum Gasteiger partial charge on any atom is 0.330 e. The third-order valence-electron chi connectivity index (χ3n) is 6.45. The van der Waals surface area contributed by atoms with Gasteiger partial charge in [0.2, 0.25) is 5.75 Å². The lowest BCUT2D eigenvalue weighted by Crippen LogP contribution is -2.25. The Morgan fingerprint density at radius 2 is 1.45 bits per heavy atom. The lowest BCUT2D eigenvalue weighted by Gasteiger charge is -2.25. The Labute approximate surface area is 223 Å². The van der Waals surface area contributed by atoms with E-state index < -0.39 is 12.1 Å². The summed E-state index contributed by atoms with van der Waals surface area (Å²) in [5.41, 5.74) is 1.28. The molecule has 1 saturated carbocycles.